The van der Waals surface area contributed by atoms with E-state index in [1.54, 1.807) is 6.07 Å². The van der Waals surface area contributed by atoms with Crippen LogP contribution in [0.15, 0.2) is 65.2 Å². The lowest BCUT2D eigenvalue weighted by Crippen LogP contribution is -2.19. The van der Waals surface area contributed by atoms with Crippen LogP contribution in [0.5, 0.6) is 0 Å². The lowest BCUT2D eigenvalue weighted by Gasteiger charge is -2.08. The molecule has 0 spiro atoms. The van der Waals surface area contributed by atoms with Gasteiger partial charge in [-0.05, 0) is 23.6 Å². The van der Waals surface area contributed by atoms with E-state index in [4.69, 9.17) is 4.52 Å². The van der Waals surface area contributed by atoms with Crippen LogP contribution in [0.1, 0.15) is 25.3 Å². The van der Waals surface area contributed by atoms with Crippen molar-refractivity contribution < 1.29 is 9.32 Å². The summed E-state index contributed by atoms with van der Waals surface area (Å²) in [5.74, 6) is 1.43. The van der Waals surface area contributed by atoms with Gasteiger partial charge in [0.05, 0.1) is 0 Å². The summed E-state index contributed by atoms with van der Waals surface area (Å²) in [7, 11) is 0. The molecule has 0 radical (unpaired) electrons. The lowest BCUT2D eigenvalue weighted by molar-refractivity contribution is 0.262. The van der Waals surface area contributed by atoms with Gasteiger partial charge in [-0.25, -0.2) is 4.79 Å². The molecule has 3 aromatic rings. The van der Waals surface area contributed by atoms with E-state index < -0.39 is 0 Å². The second-order valence-corrected chi connectivity index (χ2v) is 5.80. The molecule has 0 fully saturated rings. The molecule has 0 saturated carbocycles. The molecule has 3 rings (SSSR count). The topological polar surface area (TPSA) is 67.2 Å². The van der Waals surface area contributed by atoms with Crippen molar-refractivity contribution in [3.05, 3.63) is 66.2 Å². The Morgan fingerprint density at radius 2 is 1.71 bits per heavy atom. The van der Waals surface area contributed by atoms with E-state index in [0.717, 1.165) is 11.3 Å². The second kappa shape index (κ2) is 7.00. The number of benzene rings is 2. The Morgan fingerprint density at radius 3 is 2.38 bits per heavy atom. The molecule has 5 nitrogen and oxygen atoms in total. The number of carbonyl (C=O) groups excluding carboxylic acids is 1. The average Bonchev–Trinajstić information content (AvgIpc) is 3.04. The van der Waals surface area contributed by atoms with Gasteiger partial charge in [0, 0.05) is 17.3 Å². The second-order valence-electron chi connectivity index (χ2n) is 5.80. The third-order valence-corrected chi connectivity index (χ3v) is 3.65. The standard InChI is InChI=1S/C19H19N3O2/c1-13(2)14-8-10-16(11-9-14)20-19(23)21-18-12-17(24-22-18)15-6-4-3-5-7-15/h3-13H,1-2H3,(H2,20,21,22,23). The minimum Gasteiger partial charge on any atom is -0.354 e. The van der Waals surface area contributed by atoms with Crippen LogP contribution in [0.25, 0.3) is 11.3 Å². The lowest BCUT2D eigenvalue weighted by atomic mass is 10.0. The van der Waals surface area contributed by atoms with Crippen LogP contribution >= 0.6 is 0 Å². The van der Waals surface area contributed by atoms with E-state index in [2.05, 4.69) is 29.6 Å². The Balaban J connectivity index is 1.62. The van der Waals surface area contributed by atoms with Gasteiger partial charge in [-0.1, -0.05) is 61.5 Å². The fourth-order valence-electron chi connectivity index (χ4n) is 2.30. The number of rotatable bonds is 4. The van der Waals surface area contributed by atoms with Crippen molar-refractivity contribution in [2.24, 2.45) is 0 Å². The van der Waals surface area contributed by atoms with E-state index in [9.17, 15) is 4.79 Å². The maximum Gasteiger partial charge on any atom is 0.324 e. The minimum absolute atomic E-state index is 0.361. The molecule has 2 N–H and O–H groups in total. The molecule has 0 atom stereocenters. The summed E-state index contributed by atoms with van der Waals surface area (Å²) in [5, 5.41) is 9.30. The number of hydrogen-bond donors (Lipinski definition) is 2. The fraction of sp³-hybridized carbons (Fsp3) is 0.158. The molecule has 0 aliphatic carbocycles. The van der Waals surface area contributed by atoms with Crippen molar-refractivity contribution in [2.45, 2.75) is 19.8 Å². The number of anilines is 2. The molecule has 1 heterocycles. The molecule has 0 saturated heterocycles. The number of aromatic nitrogens is 1. The maximum atomic E-state index is 12.0. The van der Waals surface area contributed by atoms with Crippen molar-refractivity contribution in [1.82, 2.24) is 5.16 Å². The van der Waals surface area contributed by atoms with E-state index >= 15 is 0 Å². The van der Waals surface area contributed by atoms with Gasteiger partial charge in [-0.3, -0.25) is 5.32 Å². The first-order valence-electron chi connectivity index (χ1n) is 7.82. The molecule has 2 aromatic carbocycles. The maximum absolute atomic E-state index is 12.0. The highest BCUT2D eigenvalue weighted by Gasteiger charge is 2.09. The van der Waals surface area contributed by atoms with Crippen molar-refractivity contribution in [3.8, 4) is 11.3 Å². The summed E-state index contributed by atoms with van der Waals surface area (Å²) in [5.41, 5.74) is 2.86. The van der Waals surface area contributed by atoms with Gasteiger partial charge >= 0.3 is 6.03 Å². The highest BCUT2D eigenvalue weighted by Crippen LogP contribution is 2.22. The quantitative estimate of drug-likeness (QED) is 0.701. The molecule has 122 valence electrons. The fourth-order valence-corrected chi connectivity index (χ4v) is 2.30. The average molecular weight is 321 g/mol. The molecule has 0 bridgehead atoms. The molecule has 0 unspecified atom stereocenters. The van der Waals surface area contributed by atoms with Gasteiger partial charge in [0.1, 0.15) is 0 Å². The molecule has 0 aliphatic rings. The van der Waals surface area contributed by atoms with Crippen LogP contribution in [-0.2, 0) is 0 Å². The van der Waals surface area contributed by atoms with Gasteiger partial charge in [-0.2, -0.15) is 0 Å². The summed E-state index contributed by atoms with van der Waals surface area (Å²) >= 11 is 0. The monoisotopic (exact) mass is 321 g/mol. The van der Waals surface area contributed by atoms with Crippen LogP contribution in [0, 0.1) is 0 Å². The smallest absolute Gasteiger partial charge is 0.324 e. The third kappa shape index (κ3) is 3.81. The Morgan fingerprint density at radius 1 is 1.00 bits per heavy atom. The molecule has 2 amide bonds. The van der Waals surface area contributed by atoms with Crippen LogP contribution < -0.4 is 10.6 Å². The summed E-state index contributed by atoms with van der Waals surface area (Å²) in [6.45, 7) is 4.26. The zero-order chi connectivity index (χ0) is 16.9. The Bertz CT molecular complexity index is 808. The van der Waals surface area contributed by atoms with Gasteiger partial charge in [0.2, 0.25) is 0 Å². The number of hydrogen-bond acceptors (Lipinski definition) is 3. The van der Waals surface area contributed by atoms with Crippen molar-refractivity contribution in [2.75, 3.05) is 10.6 Å². The number of amides is 2. The molecule has 1 aromatic heterocycles. The predicted molar refractivity (Wildman–Crippen MR) is 95.1 cm³/mol. The summed E-state index contributed by atoms with van der Waals surface area (Å²) in [6, 6.07) is 18.7. The van der Waals surface area contributed by atoms with Crippen LogP contribution in [0.2, 0.25) is 0 Å². The zero-order valence-electron chi connectivity index (χ0n) is 13.6. The van der Waals surface area contributed by atoms with Crippen molar-refractivity contribution >= 4 is 17.5 Å². The van der Waals surface area contributed by atoms with Gasteiger partial charge in [0.15, 0.2) is 11.6 Å². The third-order valence-electron chi connectivity index (χ3n) is 3.65. The van der Waals surface area contributed by atoms with Gasteiger partial charge < -0.3 is 9.84 Å². The Kier molecular flexibility index (Phi) is 4.61. The first-order valence-corrected chi connectivity index (χ1v) is 7.82. The Labute approximate surface area is 140 Å². The van der Waals surface area contributed by atoms with E-state index in [0.29, 0.717) is 17.5 Å². The number of nitrogens with one attached hydrogen (secondary N) is 2. The first kappa shape index (κ1) is 15.8. The van der Waals surface area contributed by atoms with E-state index in [1.807, 2.05) is 54.6 Å². The van der Waals surface area contributed by atoms with Crippen LogP contribution in [0.4, 0.5) is 16.3 Å². The van der Waals surface area contributed by atoms with Crippen molar-refractivity contribution in [3.63, 3.8) is 0 Å². The van der Waals surface area contributed by atoms with Gasteiger partial charge in [-0.15, -0.1) is 0 Å². The Hall–Kier alpha value is -3.08. The summed E-state index contributed by atoms with van der Waals surface area (Å²) in [4.78, 5) is 12.0. The number of nitrogens with zero attached hydrogens (tertiary/aromatic N) is 1. The predicted octanol–water partition coefficient (Wildman–Crippen LogP) is 5.11. The van der Waals surface area contributed by atoms with Crippen molar-refractivity contribution in [1.29, 1.82) is 0 Å². The molecule has 0 aliphatic heterocycles. The summed E-state index contributed by atoms with van der Waals surface area (Å²) in [6.07, 6.45) is 0. The van der Waals surface area contributed by atoms with E-state index in [1.165, 1.54) is 5.56 Å². The van der Waals surface area contributed by atoms with Crippen LogP contribution in [-0.4, -0.2) is 11.2 Å². The SMILES string of the molecule is CC(C)c1ccc(NC(=O)Nc2cc(-c3ccccc3)on2)cc1. The minimum atomic E-state index is -0.361. The molecule has 5 heteroatoms. The highest BCUT2D eigenvalue weighted by atomic mass is 16.5. The summed E-state index contributed by atoms with van der Waals surface area (Å²) < 4.78 is 5.25. The van der Waals surface area contributed by atoms with Crippen LogP contribution in [0.3, 0.4) is 0 Å². The number of urea groups is 1. The van der Waals surface area contributed by atoms with E-state index in [-0.39, 0.29) is 6.03 Å². The first-order chi connectivity index (χ1) is 11.6. The normalized spacial score (nSPS) is 10.6. The zero-order valence-corrected chi connectivity index (χ0v) is 13.6. The number of carbonyl (C=O) groups is 1. The van der Waals surface area contributed by atoms with Gasteiger partial charge in [0.25, 0.3) is 0 Å². The molecular formula is C19H19N3O2. The molecule has 24 heavy (non-hydrogen) atoms. The molecular weight excluding hydrogens is 302 g/mol. The largest absolute Gasteiger partial charge is 0.354 e. The highest BCUT2D eigenvalue weighted by molar-refractivity contribution is 5.99.